The summed E-state index contributed by atoms with van der Waals surface area (Å²) in [6.45, 7) is 3.44. The van der Waals surface area contributed by atoms with Gasteiger partial charge in [-0.05, 0) is 42.6 Å². The van der Waals surface area contributed by atoms with E-state index in [0.717, 1.165) is 29.2 Å². The third-order valence-electron chi connectivity index (χ3n) is 4.24. The Balaban J connectivity index is 1.80. The van der Waals surface area contributed by atoms with Crippen LogP contribution in [0.15, 0.2) is 64.2 Å². The number of allylic oxidation sites excluding steroid dienone is 4. The average Bonchev–Trinajstić information content (AvgIpc) is 3.19. The number of thioether (sulfide) groups is 1. The number of carbonyl (C=O) groups excluding carboxylic acids is 1. The molecule has 15 heteroatoms. The molecule has 0 bridgehead atoms. The Morgan fingerprint density at radius 2 is 2.11 bits per heavy atom. The van der Waals surface area contributed by atoms with Crippen LogP contribution in [0.2, 0.25) is 0 Å². The van der Waals surface area contributed by atoms with E-state index in [9.17, 15) is 14.0 Å². The molecule has 0 fully saturated rings. The number of hydrogen-bond donors (Lipinski definition) is 3. The van der Waals surface area contributed by atoms with Gasteiger partial charge in [0.1, 0.15) is 24.5 Å². The van der Waals surface area contributed by atoms with E-state index in [2.05, 4.69) is 32.3 Å². The Morgan fingerprint density at radius 3 is 2.81 bits per heavy atom. The lowest BCUT2D eigenvalue weighted by Crippen LogP contribution is -2.19. The van der Waals surface area contributed by atoms with Crippen molar-refractivity contribution in [2.75, 3.05) is 22.3 Å². The molecule has 1 amide bonds. The van der Waals surface area contributed by atoms with Crippen molar-refractivity contribution in [1.29, 1.82) is 0 Å². The van der Waals surface area contributed by atoms with Gasteiger partial charge in [-0.3, -0.25) is 9.59 Å². The maximum atomic E-state index is 14.6. The first-order chi connectivity index (χ1) is 17.2. The Labute approximate surface area is 227 Å². The zero-order valence-corrected chi connectivity index (χ0v) is 22.2. The Bertz CT molecular complexity index is 1440. The van der Waals surface area contributed by atoms with E-state index in [4.69, 9.17) is 40.5 Å². The number of alkyl halides is 1. The molecule has 3 rings (SSSR count). The lowest BCUT2D eigenvalue weighted by atomic mass is 10.2. The van der Waals surface area contributed by atoms with Crippen LogP contribution in [0.1, 0.15) is 0 Å². The van der Waals surface area contributed by atoms with Crippen LogP contribution in [0.25, 0.3) is 10.9 Å². The van der Waals surface area contributed by atoms with Gasteiger partial charge in [-0.2, -0.15) is 5.10 Å². The summed E-state index contributed by atoms with van der Waals surface area (Å²) in [6, 6.07) is 4.95. The lowest BCUT2D eigenvalue weighted by Gasteiger charge is -2.11. The number of fused-ring (bicyclic) bond motifs is 1. The molecule has 0 radical (unpaired) electrons. The molecule has 1 aromatic carbocycles. The van der Waals surface area contributed by atoms with Gasteiger partial charge in [0.2, 0.25) is 5.91 Å². The molecule has 0 saturated carbocycles. The second-order valence-electron chi connectivity index (χ2n) is 6.79. The molecule has 36 heavy (non-hydrogen) atoms. The van der Waals surface area contributed by atoms with Crippen LogP contribution >= 0.6 is 58.5 Å². The van der Waals surface area contributed by atoms with Crippen molar-refractivity contribution in [3.8, 4) is 0 Å². The Kier molecular flexibility index (Phi) is 9.96. The number of nitrogens with zero attached hydrogens (tertiary/aromatic N) is 4. The van der Waals surface area contributed by atoms with Crippen LogP contribution in [0.5, 0.6) is 0 Å². The molecule has 188 valence electrons. The van der Waals surface area contributed by atoms with Gasteiger partial charge in [0.25, 0.3) is 0 Å². The maximum absolute atomic E-state index is 14.6. The van der Waals surface area contributed by atoms with E-state index in [1.165, 1.54) is 17.1 Å². The maximum Gasteiger partial charge on any atom is 0.313 e. The van der Waals surface area contributed by atoms with Crippen LogP contribution in [0, 0.1) is 3.95 Å². The summed E-state index contributed by atoms with van der Waals surface area (Å²) in [5.41, 5.74) is 0.995. The monoisotopic (exact) mass is 586 g/mol. The molecule has 0 saturated heterocycles. The van der Waals surface area contributed by atoms with Crippen LogP contribution in [0.3, 0.4) is 0 Å². The van der Waals surface area contributed by atoms with E-state index < -0.39 is 17.7 Å². The molecule has 3 N–H and O–H groups in total. The van der Waals surface area contributed by atoms with Gasteiger partial charge >= 0.3 is 5.97 Å². The van der Waals surface area contributed by atoms with E-state index in [1.807, 2.05) is 0 Å². The fraction of sp³-hybridized carbons (Fsp3) is 0.143. The first-order valence-corrected chi connectivity index (χ1v) is 13.0. The summed E-state index contributed by atoms with van der Waals surface area (Å²) in [4.78, 5) is 31.7. The molecule has 3 aromatic rings. The van der Waals surface area contributed by atoms with Gasteiger partial charge in [0, 0.05) is 16.1 Å². The molecule has 0 unspecified atom stereocenters. The van der Waals surface area contributed by atoms with Crippen molar-refractivity contribution in [3.05, 3.63) is 63.8 Å². The topological polar surface area (TPSA) is 122 Å². The molecule has 0 aliphatic carbocycles. The van der Waals surface area contributed by atoms with Gasteiger partial charge < -0.3 is 15.7 Å². The highest BCUT2D eigenvalue weighted by molar-refractivity contribution is 8.01. The predicted octanol–water partition coefficient (Wildman–Crippen LogP) is 5.57. The molecule has 2 heterocycles. The number of aromatic nitrogens is 4. The van der Waals surface area contributed by atoms with E-state index in [1.54, 1.807) is 18.2 Å². The van der Waals surface area contributed by atoms with Gasteiger partial charge in [0.05, 0.1) is 22.8 Å². The largest absolute Gasteiger partial charge is 0.481 e. The number of carbonyl (C=O) groups is 2. The number of carboxylic acid groups (broad SMARTS) is 1. The minimum absolute atomic E-state index is 0.0159. The Hall–Kier alpha value is -2.84. The molecule has 0 spiro atoms. The minimum Gasteiger partial charge on any atom is -0.481 e. The molecule has 2 aromatic heterocycles. The van der Waals surface area contributed by atoms with Crippen LogP contribution < -0.4 is 10.6 Å². The smallest absolute Gasteiger partial charge is 0.313 e. The summed E-state index contributed by atoms with van der Waals surface area (Å²) in [7, 11) is 0. The molecule has 0 aliphatic heterocycles. The van der Waals surface area contributed by atoms with Crippen molar-refractivity contribution in [3.63, 3.8) is 0 Å². The first-order valence-electron chi connectivity index (χ1n) is 9.88. The van der Waals surface area contributed by atoms with Crippen molar-refractivity contribution in [1.82, 2.24) is 19.7 Å². The summed E-state index contributed by atoms with van der Waals surface area (Å²) in [5.74, 6) is -2.00. The van der Waals surface area contributed by atoms with Gasteiger partial charge in [-0.25, -0.2) is 19.0 Å². The number of anilines is 2. The van der Waals surface area contributed by atoms with Crippen molar-refractivity contribution >= 4 is 92.8 Å². The highest BCUT2D eigenvalue weighted by Crippen LogP contribution is 2.26. The van der Waals surface area contributed by atoms with Gasteiger partial charge in [-0.1, -0.05) is 41.3 Å². The SMILES string of the molecule is C=C/C(Nc1ncnc2ccc(NC(=O)Cn3nc(SCC(=O)O)sc3=S)cc12)=C(F)\C=C(\Cl)CCl. The van der Waals surface area contributed by atoms with Crippen molar-refractivity contribution < 1.29 is 19.1 Å². The Morgan fingerprint density at radius 1 is 1.33 bits per heavy atom. The van der Waals surface area contributed by atoms with Crippen molar-refractivity contribution in [2.24, 2.45) is 0 Å². The number of halogens is 3. The predicted molar refractivity (Wildman–Crippen MR) is 144 cm³/mol. The summed E-state index contributed by atoms with van der Waals surface area (Å²) in [5, 5.41) is 19.2. The fourth-order valence-corrected chi connectivity index (χ4v) is 4.95. The highest BCUT2D eigenvalue weighted by Gasteiger charge is 2.13. The molecular formula is C21H17Cl2FN6O3S3. The zero-order valence-electron chi connectivity index (χ0n) is 18.2. The molecular weight excluding hydrogens is 570 g/mol. The van der Waals surface area contributed by atoms with Crippen LogP contribution in [-0.2, 0) is 16.1 Å². The molecule has 9 nitrogen and oxygen atoms in total. The fourth-order valence-electron chi connectivity index (χ4n) is 2.73. The number of carboxylic acids is 1. The summed E-state index contributed by atoms with van der Waals surface area (Å²) >= 11 is 18.8. The number of hydrogen-bond acceptors (Lipinski definition) is 9. The van der Waals surface area contributed by atoms with Gasteiger partial charge in [0.15, 0.2) is 8.29 Å². The van der Waals surface area contributed by atoms with Crippen LogP contribution in [-0.4, -0.2) is 48.4 Å². The van der Waals surface area contributed by atoms with Gasteiger partial charge in [-0.15, -0.1) is 11.6 Å². The molecule has 0 aliphatic rings. The summed E-state index contributed by atoms with van der Waals surface area (Å²) in [6.07, 6.45) is 3.65. The quantitative estimate of drug-likeness (QED) is 0.114. The second-order valence-corrected chi connectivity index (χ2v) is 10.4. The number of aliphatic carboxylic acids is 1. The average molecular weight is 588 g/mol. The third-order valence-corrected chi connectivity index (χ3v) is 7.34. The molecule has 0 atom stereocenters. The normalized spacial score (nSPS) is 12.2. The summed E-state index contributed by atoms with van der Waals surface area (Å²) < 4.78 is 16.7. The standard InChI is InChI=1S/C21H17Cl2FN6O3S3/c1-2-15(14(24)5-11(23)7-22)28-19-13-6-12(3-4-16(13)25-10-26-19)27-17(31)8-30-21(34)36-20(29-30)35-9-18(32)33/h2-6,10H,1,7-9H2,(H,27,31)(H,32,33)(H,25,26,28)/b11-5+,15-14-. The second kappa shape index (κ2) is 12.9. The van der Waals surface area contributed by atoms with E-state index >= 15 is 0 Å². The number of benzene rings is 1. The highest BCUT2D eigenvalue weighted by atomic mass is 35.5. The lowest BCUT2D eigenvalue weighted by molar-refractivity contribution is -0.133. The number of amides is 1. The third kappa shape index (κ3) is 7.58. The minimum atomic E-state index is -0.978. The van der Waals surface area contributed by atoms with Crippen LogP contribution in [0.4, 0.5) is 15.9 Å². The number of rotatable bonds is 11. The number of nitrogens with one attached hydrogen (secondary N) is 2. The van der Waals surface area contributed by atoms with E-state index in [0.29, 0.717) is 24.9 Å². The first kappa shape index (κ1) is 27.7. The van der Waals surface area contributed by atoms with Crippen molar-refractivity contribution in [2.45, 2.75) is 10.9 Å². The van der Waals surface area contributed by atoms with E-state index in [-0.39, 0.29) is 34.7 Å². The zero-order chi connectivity index (χ0) is 26.2.